The third-order valence-electron chi connectivity index (χ3n) is 5.06. The number of thiocarbonyl (C=S) groups is 1. The maximum absolute atomic E-state index is 13.7. The van der Waals surface area contributed by atoms with Crippen molar-refractivity contribution in [3.8, 4) is 0 Å². The fraction of sp³-hybridized carbons (Fsp3) is 0.200. The molecule has 0 radical (unpaired) electrons. The molecule has 1 aromatic heterocycles. The predicted molar refractivity (Wildman–Crippen MR) is 138 cm³/mol. The first-order valence-corrected chi connectivity index (χ1v) is 11.8. The lowest BCUT2D eigenvalue weighted by molar-refractivity contribution is -0.139. The first-order valence-electron chi connectivity index (χ1n) is 10.2. The molecule has 178 valence electrons. The highest BCUT2D eigenvalue weighted by Crippen LogP contribution is 2.38. The monoisotopic (exact) mass is 542 g/mol. The van der Waals surface area contributed by atoms with E-state index in [1.165, 1.54) is 24.3 Å². The summed E-state index contributed by atoms with van der Waals surface area (Å²) in [5.74, 6) is -1.84. The van der Waals surface area contributed by atoms with Crippen molar-refractivity contribution in [1.82, 2.24) is 10.3 Å². The van der Waals surface area contributed by atoms with Crippen molar-refractivity contribution >= 4 is 58.1 Å². The maximum atomic E-state index is 13.7. The van der Waals surface area contributed by atoms with E-state index >= 15 is 0 Å². The molecule has 0 aliphatic rings. The van der Waals surface area contributed by atoms with Crippen LogP contribution >= 0.6 is 47.0 Å². The molecule has 0 spiro atoms. The van der Waals surface area contributed by atoms with Crippen molar-refractivity contribution < 1.29 is 13.2 Å². The van der Waals surface area contributed by atoms with Crippen molar-refractivity contribution in [3.05, 3.63) is 104 Å². The Morgan fingerprint density at radius 2 is 1.76 bits per heavy atom. The molecule has 2 aromatic carbocycles. The number of nitrogens with zero attached hydrogens (tertiary/aromatic N) is 1. The quantitative estimate of drug-likeness (QED) is 0.240. The van der Waals surface area contributed by atoms with Gasteiger partial charge in [-0.15, -0.1) is 0 Å². The standard InChI is InChI=1S/C25H20Cl3F3N2S/c1-15-10-16(3-5-22(25(29,30)31)18-12-19(26)14-20(27)13-18)2-4-21(15)24(34)33-9-7-17-6-8-32-23(28)11-17/h2-6,8,10-14,22H,7,9H2,1H3,(H,33,34)/b5-3+. The minimum atomic E-state index is -4.50. The number of allylic oxidation sites excluding steroid dienone is 1. The van der Waals surface area contributed by atoms with Gasteiger partial charge < -0.3 is 5.32 Å². The molecule has 1 heterocycles. The lowest BCUT2D eigenvalue weighted by Gasteiger charge is -2.18. The molecule has 0 saturated heterocycles. The zero-order valence-corrected chi connectivity index (χ0v) is 21.0. The van der Waals surface area contributed by atoms with Crippen LogP contribution in [0, 0.1) is 6.92 Å². The van der Waals surface area contributed by atoms with Crippen LogP contribution in [0.5, 0.6) is 0 Å². The van der Waals surface area contributed by atoms with Gasteiger partial charge in [-0.1, -0.05) is 77.4 Å². The number of benzene rings is 2. The summed E-state index contributed by atoms with van der Waals surface area (Å²) >= 11 is 23.2. The van der Waals surface area contributed by atoms with E-state index < -0.39 is 12.1 Å². The molecule has 2 nitrogen and oxygen atoms in total. The maximum Gasteiger partial charge on any atom is 0.399 e. The largest absolute Gasteiger partial charge is 0.399 e. The summed E-state index contributed by atoms with van der Waals surface area (Å²) in [4.78, 5) is 4.52. The molecule has 1 unspecified atom stereocenters. The zero-order valence-electron chi connectivity index (χ0n) is 18.0. The molecular weight excluding hydrogens is 524 g/mol. The summed E-state index contributed by atoms with van der Waals surface area (Å²) < 4.78 is 41.1. The normalized spacial score (nSPS) is 12.7. The Hall–Kier alpha value is -2.12. The molecule has 3 rings (SSSR count). The molecule has 0 amide bonds. The number of pyridine rings is 1. The fourth-order valence-electron chi connectivity index (χ4n) is 3.43. The second-order valence-corrected chi connectivity index (χ2v) is 9.32. The van der Waals surface area contributed by atoms with Crippen molar-refractivity contribution in [1.29, 1.82) is 0 Å². The Morgan fingerprint density at radius 3 is 2.38 bits per heavy atom. The molecule has 3 aromatic rings. The predicted octanol–water partition coefficient (Wildman–Crippen LogP) is 8.22. The number of halogens is 6. The van der Waals surface area contributed by atoms with Gasteiger partial charge in [0.15, 0.2) is 0 Å². The summed E-state index contributed by atoms with van der Waals surface area (Å²) in [7, 11) is 0. The van der Waals surface area contributed by atoms with Crippen LogP contribution in [0.15, 0.2) is 60.8 Å². The molecule has 34 heavy (non-hydrogen) atoms. The third-order valence-corrected chi connectivity index (χ3v) is 6.07. The molecule has 0 aliphatic carbocycles. The topological polar surface area (TPSA) is 24.9 Å². The van der Waals surface area contributed by atoms with Gasteiger partial charge >= 0.3 is 6.18 Å². The van der Waals surface area contributed by atoms with E-state index in [4.69, 9.17) is 47.0 Å². The highest BCUT2D eigenvalue weighted by atomic mass is 35.5. The van der Waals surface area contributed by atoms with Crippen LogP contribution in [0.3, 0.4) is 0 Å². The second-order valence-electron chi connectivity index (χ2n) is 7.65. The van der Waals surface area contributed by atoms with Crippen LogP contribution in [0.1, 0.15) is 33.7 Å². The first-order chi connectivity index (χ1) is 16.0. The van der Waals surface area contributed by atoms with Gasteiger partial charge in [-0.05, 0) is 65.9 Å². The number of rotatable bonds is 7. The van der Waals surface area contributed by atoms with Gasteiger partial charge in [-0.2, -0.15) is 13.2 Å². The molecule has 9 heteroatoms. The first kappa shape index (κ1) is 26.5. The van der Waals surface area contributed by atoms with E-state index in [-0.39, 0.29) is 15.6 Å². The number of hydrogen-bond donors (Lipinski definition) is 1. The smallest absolute Gasteiger partial charge is 0.375 e. The van der Waals surface area contributed by atoms with E-state index in [1.807, 2.05) is 13.0 Å². The number of aromatic nitrogens is 1. The zero-order chi connectivity index (χ0) is 24.9. The molecular formula is C25H20Cl3F3N2S. The van der Waals surface area contributed by atoms with Crippen LogP contribution in [0.25, 0.3) is 6.08 Å². The Labute approximate surface area is 216 Å². The number of hydrogen-bond acceptors (Lipinski definition) is 2. The summed E-state index contributed by atoms with van der Waals surface area (Å²) in [6.07, 6.45) is 0.412. The summed E-state index contributed by atoms with van der Waals surface area (Å²) in [6, 6.07) is 12.9. The van der Waals surface area contributed by atoms with E-state index in [0.29, 0.717) is 28.7 Å². The van der Waals surface area contributed by atoms with E-state index in [0.717, 1.165) is 22.8 Å². The molecule has 0 saturated carbocycles. The molecule has 0 aliphatic heterocycles. The van der Waals surface area contributed by atoms with Gasteiger partial charge in [0, 0.05) is 28.4 Å². The van der Waals surface area contributed by atoms with Gasteiger partial charge in [0.2, 0.25) is 0 Å². The molecule has 1 N–H and O–H groups in total. The van der Waals surface area contributed by atoms with Crippen molar-refractivity contribution in [2.24, 2.45) is 0 Å². The molecule has 1 atom stereocenters. The lowest BCUT2D eigenvalue weighted by Crippen LogP contribution is -2.25. The van der Waals surface area contributed by atoms with Gasteiger partial charge in [-0.25, -0.2) is 4.98 Å². The highest BCUT2D eigenvalue weighted by Gasteiger charge is 2.39. The number of alkyl halides is 3. The van der Waals surface area contributed by atoms with E-state index in [9.17, 15) is 13.2 Å². The Kier molecular flexibility index (Phi) is 8.99. The fourth-order valence-corrected chi connectivity index (χ4v) is 4.50. The van der Waals surface area contributed by atoms with Crippen LogP contribution < -0.4 is 5.32 Å². The number of nitrogens with one attached hydrogen (secondary N) is 1. The van der Waals surface area contributed by atoms with Crippen LogP contribution in [0.4, 0.5) is 13.2 Å². The van der Waals surface area contributed by atoms with Crippen molar-refractivity contribution in [3.63, 3.8) is 0 Å². The third kappa shape index (κ3) is 7.44. The van der Waals surface area contributed by atoms with Gasteiger partial charge in [-0.3, -0.25) is 0 Å². The van der Waals surface area contributed by atoms with Crippen LogP contribution in [-0.2, 0) is 6.42 Å². The highest BCUT2D eigenvalue weighted by molar-refractivity contribution is 7.80. The number of aryl methyl sites for hydroxylation is 1. The van der Waals surface area contributed by atoms with Gasteiger partial charge in [0.1, 0.15) is 10.1 Å². The average Bonchev–Trinajstić information content (AvgIpc) is 2.72. The Balaban J connectivity index is 1.70. The summed E-state index contributed by atoms with van der Waals surface area (Å²) in [5, 5.41) is 3.94. The summed E-state index contributed by atoms with van der Waals surface area (Å²) in [6.45, 7) is 2.47. The van der Waals surface area contributed by atoms with Crippen LogP contribution in [-0.4, -0.2) is 22.7 Å². The van der Waals surface area contributed by atoms with Gasteiger partial charge in [0.05, 0.1) is 5.92 Å². The summed E-state index contributed by atoms with van der Waals surface area (Å²) in [5.41, 5.74) is 3.30. The van der Waals surface area contributed by atoms with Crippen molar-refractivity contribution in [2.75, 3.05) is 6.54 Å². The van der Waals surface area contributed by atoms with E-state index in [2.05, 4.69) is 10.3 Å². The lowest BCUT2D eigenvalue weighted by atomic mass is 9.96. The molecule has 0 bridgehead atoms. The average molecular weight is 544 g/mol. The Bertz CT molecular complexity index is 1190. The van der Waals surface area contributed by atoms with E-state index in [1.54, 1.807) is 30.5 Å². The SMILES string of the molecule is Cc1cc(/C=C/C(c2cc(Cl)cc(Cl)c2)C(F)(F)F)ccc1C(=S)NCCc1ccnc(Cl)c1. The minimum Gasteiger partial charge on any atom is -0.375 e. The Morgan fingerprint density at radius 1 is 1.06 bits per heavy atom. The van der Waals surface area contributed by atoms with Gasteiger partial charge in [0.25, 0.3) is 0 Å². The minimum absolute atomic E-state index is 0.0181. The molecule has 0 fully saturated rings. The van der Waals surface area contributed by atoms with Crippen LogP contribution in [0.2, 0.25) is 15.2 Å². The van der Waals surface area contributed by atoms with Crippen molar-refractivity contribution in [2.45, 2.75) is 25.4 Å². The second kappa shape index (κ2) is 11.5.